The largest absolute Gasteiger partial charge is 0.493 e. The third-order valence-electron chi connectivity index (χ3n) is 5.00. The summed E-state index contributed by atoms with van der Waals surface area (Å²) in [6.07, 6.45) is 1.26. The summed E-state index contributed by atoms with van der Waals surface area (Å²) in [4.78, 5) is 27.5. The standard InChI is InChI=1S/C22H26N2O3/c1-17-5-3-4-6-21(17)27-14-9-22(26)24-12-10-23(11-13-24)20-8-7-19(16-25)15-18(20)2/h3-8,15-16H,9-14H2,1-2H3. The Kier molecular flexibility index (Phi) is 6.12. The number of para-hydroxylation sites is 1. The number of aldehydes is 1. The van der Waals surface area contributed by atoms with Crippen molar-refractivity contribution in [2.24, 2.45) is 0 Å². The molecule has 2 aromatic rings. The van der Waals surface area contributed by atoms with Crippen LogP contribution in [-0.2, 0) is 4.79 Å². The van der Waals surface area contributed by atoms with Crippen molar-refractivity contribution in [1.29, 1.82) is 0 Å². The minimum absolute atomic E-state index is 0.135. The molecule has 1 aliphatic heterocycles. The molecule has 5 heteroatoms. The quantitative estimate of drug-likeness (QED) is 0.737. The summed E-state index contributed by atoms with van der Waals surface area (Å²) in [6, 6.07) is 13.6. The van der Waals surface area contributed by atoms with Crippen LogP contribution in [0.1, 0.15) is 27.9 Å². The van der Waals surface area contributed by atoms with Crippen molar-refractivity contribution in [3.05, 3.63) is 59.2 Å². The van der Waals surface area contributed by atoms with E-state index in [4.69, 9.17) is 4.74 Å². The molecule has 1 amide bonds. The number of hydrogen-bond acceptors (Lipinski definition) is 4. The Hall–Kier alpha value is -2.82. The van der Waals surface area contributed by atoms with Crippen LogP contribution in [0.4, 0.5) is 5.69 Å². The van der Waals surface area contributed by atoms with E-state index in [-0.39, 0.29) is 5.91 Å². The second-order valence-corrected chi connectivity index (χ2v) is 6.90. The molecule has 1 fully saturated rings. The molecule has 0 radical (unpaired) electrons. The van der Waals surface area contributed by atoms with Gasteiger partial charge in [0, 0.05) is 37.4 Å². The predicted molar refractivity (Wildman–Crippen MR) is 107 cm³/mol. The van der Waals surface area contributed by atoms with Gasteiger partial charge in [-0.1, -0.05) is 18.2 Å². The zero-order chi connectivity index (χ0) is 19.2. The Bertz CT molecular complexity index is 811. The van der Waals surface area contributed by atoms with Crippen molar-refractivity contribution in [1.82, 2.24) is 4.90 Å². The van der Waals surface area contributed by atoms with Crippen molar-refractivity contribution in [2.45, 2.75) is 20.3 Å². The van der Waals surface area contributed by atoms with Crippen molar-refractivity contribution in [3.63, 3.8) is 0 Å². The SMILES string of the molecule is Cc1ccccc1OCCC(=O)N1CCN(c2ccc(C=O)cc2C)CC1. The zero-order valence-electron chi connectivity index (χ0n) is 16.0. The molecule has 1 saturated heterocycles. The third-order valence-corrected chi connectivity index (χ3v) is 5.00. The van der Waals surface area contributed by atoms with E-state index in [1.54, 1.807) is 0 Å². The Morgan fingerprint density at radius 2 is 1.78 bits per heavy atom. The molecule has 0 atom stereocenters. The summed E-state index contributed by atoms with van der Waals surface area (Å²) >= 11 is 0. The van der Waals surface area contributed by atoms with Gasteiger partial charge in [0.25, 0.3) is 0 Å². The summed E-state index contributed by atoms with van der Waals surface area (Å²) in [6.45, 7) is 7.42. The molecular formula is C22H26N2O3. The van der Waals surface area contributed by atoms with Gasteiger partial charge in [-0.2, -0.15) is 0 Å². The number of hydrogen-bond donors (Lipinski definition) is 0. The zero-order valence-corrected chi connectivity index (χ0v) is 16.0. The minimum Gasteiger partial charge on any atom is -0.493 e. The number of rotatable bonds is 6. The fourth-order valence-corrected chi connectivity index (χ4v) is 3.43. The number of piperazine rings is 1. The summed E-state index contributed by atoms with van der Waals surface area (Å²) in [5, 5.41) is 0. The lowest BCUT2D eigenvalue weighted by Gasteiger charge is -2.37. The minimum atomic E-state index is 0.135. The van der Waals surface area contributed by atoms with Crippen LogP contribution in [0.25, 0.3) is 0 Å². The maximum atomic E-state index is 12.5. The molecule has 1 aliphatic rings. The second-order valence-electron chi connectivity index (χ2n) is 6.90. The van der Waals surface area contributed by atoms with E-state index in [0.717, 1.165) is 41.9 Å². The number of amides is 1. The fourth-order valence-electron chi connectivity index (χ4n) is 3.43. The van der Waals surface area contributed by atoms with Gasteiger partial charge in [0.2, 0.25) is 5.91 Å². The molecule has 3 rings (SSSR count). The van der Waals surface area contributed by atoms with Crippen LogP contribution in [0.5, 0.6) is 5.75 Å². The van der Waals surface area contributed by atoms with Gasteiger partial charge in [-0.3, -0.25) is 9.59 Å². The molecular weight excluding hydrogens is 340 g/mol. The van der Waals surface area contributed by atoms with E-state index in [9.17, 15) is 9.59 Å². The van der Waals surface area contributed by atoms with E-state index in [1.807, 2.05) is 61.2 Å². The Labute approximate surface area is 160 Å². The normalized spacial score (nSPS) is 14.1. The molecule has 0 aromatic heterocycles. The maximum Gasteiger partial charge on any atom is 0.226 e. The average molecular weight is 366 g/mol. The van der Waals surface area contributed by atoms with Gasteiger partial charge >= 0.3 is 0 Å². The molecule has 0 unspecified atom stereocenters. The fraction of sp³-hybridized carbons (Fsp3) is 0.364. The third kappa shape index (κ3) is 4.67. The first-order valence-electron chi connectivity index (χ1n) is 9.35. The summed E-state index contributed by atoms with van der Waals surface area (Å²) in [7, 11) is 0. The number of ether oxygens (including phenoxy) is 1. The highest BCUT2D eigenvalue weighted by molar-refractivity contribution is 5.78. The summed E-state index contributed by atoms with van der Waals surface area (Å²) in [5.41, 5.74) is 4.00. The molecule has 5 nitrogen and oxygen atoms in total. The molecule has 0 saturated carbocycles. The van der Waals surface area contributed by atoms with E-state index in [2.05, 4.69) is 4.90 Å². The van der Waals surface area contributed by atoms with Crippen LogP contribution in [0.3, 0.4) is 0 Å². The first-order chi connectivity index (χ1) is 13.1. The molecule has 0 bridgehead atoms. The Morgan fingerprint density at radius 3 is 2.44 bits per heavy atom. The molecule has 0 spiro atoms. The molecule has 0 aliphatic carbocycles. The highest BCUT2D eigenvalue weighted by atomic mass is 16.5. The Morgan fingerprint density at radius 1 is 1.04 bits per heavy atom. The molecule has 142 valence electrons. The lowest BCUT2D eigenvalue weighted by atomic mass is 10.1. The topological polar surface area (TPSA) is 49.9 Å². The van der Waals surface area contributed by atoms with Gasteiger partial charge in [-0.05, 0) is 49.2 Å². The highest BCUT2D eigenvalue weighted by Gasteiger charge is 2.22. The average Bonchev–Trinajstić information content (AvgIpc) is 2.69. The number of anilines is 1. The first-order valence-corrected chi connectivity index (χ1v) is 9.35. The van der Waals surface area contributed by atoms with Gasteiger partial charge < -0.3 is 14.5 Å². The number of aryl methyl sites for hydroxylation is 2. The van der Waals surface area contributed by atoms with Gasteiger partial charge in [-0.15, -0.1) is 0 Å². The van der Waals surface area contributed by atoms with Gasteiger partial charge in [0.1, 0.15) is 12.0 Å². The molecule has 2 aromatic carbocycles. The van der Waals surface area contributed by atoms with Gasteiger partial charge in [-0.25, -0.2) is 0 Å². The van der Waals surface area contributed by atoms with Crippen LogP contribution < -0.4 is 9.64 Å². The van der Waals surface area contributed by atoms with E-state index >= 15 is 0 Å². The van der Waals surface area contributed by atoms with Crippen LogP contribution in [0, 0.1) is 13.8 Å². The van der Waals surface area contributed by atoms with Crippen LogP contribution in [0.15, 0.2) is 42.5 Å². The number of benzene rings is 2. The lowest BCUT2D eigenvalue weighted by Crippen LogP contribution is -2.49. The van der Waals surface area contributed by atoms with Gasteiger partial charge in [0.05, 0.1) is 13.0 Å². The maximum absolute atomic E-state index is 12.5. The van der Waals surface area contributed by atoms with Crippen molar-refractivity contribution in [3.8, 4) is 5.75 Å². The van der Waals surface area contributed by atoms with Crippen LogP contribution in [-0.4, -0.2) is 49.9 Å². The van der Waals surface area contributed by atoms with Crippen molar-refractivity contribution >= 4 is 17.9 Å². The number of nitrogens with zero attached hydrogens (tertiary/aromatic N) is 2. The number of carbonyl (C=O) groups is 2. The first kappa shape index (κ1) is 19.0. The van der Waals surface area contributed by atoms with Gasteiger partial charge in [0.15, 0.2) is 0 Å². The van der Waals surface area contributed by atoms with Crippen LogP contribution >= 0.6 is 0 Å². The molecule has 27 heavy (non-hydrogen) atoms. The summed E-state index contributed by atoms with van der Waals surface area (Å²) in [5.74, 6) is 0.973. The van der Waals surface area contributed by atoms with Crippen molar-refractivity contribution < 1.29 is 14.3 Å². The van der Waals surface area contributed by atoms with E-state index in [0.29, 0.717) is 31.7 Å². The van der Waals surface area contributed by atoms with Crippen LogP contribution in [0.2, 0.25) is 0 Å². The predicted octanol–water partition coefficient (Wildman–Crippen LogP) is 3.23. The summed E-state index contributed by atoms with van der Waals surface area (Å²) < 4.78 is 5.74. The van der Waals surface area contributed by atoms with Crippen molar-refractivity contribution in [2.75, 3.05) is 37.7 Å². The van der Waals surface area contributed by atoms with E-state index < -0.39 is 0 Å². The second kappa shape index (κ2) is 8.71. The number of carbonyl (C=O) groups excluding carboxylic acids is 2. The Balaban J connectivity index is 1.48. The highest BCUT2D eigenvalue weighted by Crippen LogP contribution is 2.22. The van der Waals surface area contributed by atoms with E-state index in [1.165, 1.54) is 0 Å². The smallest absolute Gasteiger partial charge is 0.226 e. The lowest BCUT2D eigenvalue weighted by molar-refractivity contribution is -0.132. The monoisotopic (exact) mass is 366 g/mol. The molecule has 1 heterocycles. The molecule has 0 N–H and O–H groups in total.